The minimum Gasteiger partial charge on any atom is -0.348 e. The number of benzene rings is 1. The molecule has 3 rings (SSSR count). The minimum absolute atomic E-state index is 0.138. The monoisotopic (exact) mass is 218 g/mol. The quantitative estimate of drug-likeness (QED) is 0.720. The molecule has 2 unspecified atom stereocenters. The number of rotatable bonds is 1. The zero-order chi connectivity index (χ0) is 10.8. The fraction of sp³-hybridized carbons (Fsp3) is 0.571. The fourth-order valence-electron chi connectivity index (χ4n) is 2.74. The summed E-state index contributed by atoms with van der Waals surface area (Å²) in [4.78, 5) is 0. The van der Waals surface area contributed by atoms with Crippen molar-refractivity contribution in [2.45, 2.75) is 38.1 Å². The molecule has 0 aromatic heterocycles. The highest BCUT2D eigenvalue weighted by Crippen LogP contribution is 2.36. The van der Waals surface area contributed by atoms with Gasteiger partial charge in [-0.25, -0.2) is 0 Å². The van der Waals surface area contributed by atoms with Crippen molar-refractivity contribution in [1.82, 2.24) is 0 Å². The van der Waals surface area contributed by atoms with Gasteiger partial charge in [0.05, 0.1) is 12.7 Å². The second kappa shape index (κ2) is 4.56. The first-order valence-electron chi connectivity index (χ1n) is 6.25. The molecular formula is C14H18O2. The SMILES string of the molecule is c1ccc([C@@H]2OCC3CCCCC3O2)cc1. The summed E-state index contributed by atoms with van der Waals surface area (Å²) in [6.07, 6.45) is 5.41. The lowest BCUT2D eigenvalue weighted by Gasteiger charge is -2.39. The Morgan fingerprint density at radius 2 is 1.81 bits per heavy atom. The average molecular weight is 218 g/mol. The molecule has 0 bridgehead atoms. The second-order valence-electron chi connectivity index (χ2n) is 4.80. The normalized spacial score (nSPS) is 34.4. The highest BCUT2D eigenvalue weighted by molar-refractivity contribution is 5.16. The predicted molar refractivity (Wildman–Crippen MR) is 62.0 cm³/mol. The smallest absolute Gasteiger partial charge is 0.184 e. The Hall–Kier alpha value is -0.860. The highest BCUT2D eigenvalue weighted by Gasteiger charge is 2.34. The van der Waals surface area contributed by atoms with Crippen molar-refractivity contribution in [2.24, 2.45) is 5.92 Å². The predicted octanol–water partition coefficient (Wildman–Crippen LogP) is 3.29. The van der Waals surface area contributed by atoms with E-state index >= 15 is 0 Å². The van der Waals surface area contributed by atoms with Gasteiger partial charge in [0, 0.05) is 11.5 Å². The minimum atomic E-state index is -0.138. The summed E-state index contributed by atoms with van der Waals surface area (Å²) in [7, 11) is 0. The van der Waals surface area contributed by atoms with E-state index in [4.69, 9.17) is 9.47 Å². The molecule has 1 heterocycles. The summed E-state index contributed by atoms with van der Waals surface area (Å²) in [5, 5.41) is 0. The third-order valence-corrected chi connectivity index (χ3v) is 3.67. The van der Waals surface area contributed by atoms with Crippen LogP contribution >= 0.6 is 0 Å². The Morgan fingerprint density at radius 3 is 2.69 bits per heavy atom. The second-order valence-corrected chi connectivity index (χ2v) is 4.80. The number of hydrogen-bond donors (Lipinski definition) is 0. The van der Waals surface area contributed by atoms with E-state index in [2.05, 4.69) is 12.1 Å². The van der Waals surface area contributed by atoms with Crippen molar-refractivity contribution < 1.29 is 9.47 Å². The van der Waals surface area contributed by atoms with Gasteiger partial charge in [0.2, 0.25) is 0 Å². The van der Waals surface area contributed by atoms with Gasteiger partial charge in [-0.1, -0.05) is 43.2 Å². The van der Waals surface area contributed by atoms with Crippen LogP contribution in [0, 0.1) is 5.92 Å². The van der Waals surface area contributed by atoms with Crippen LogP contribution in [0.1, 0.15) is 37.5 Å². The van der Waals surface area contributed by atoms with Crippen molar-refractivity contribution in [3.8, 4) is 0 Å². The molecule has 1 aromatic rings. The Bertz CT molecular complexity index is 336. The fourth-order valence-corrected chi connectivity index (χ4v) is 2.74. The molecule has 0 radical (unpaired) electrons. The van der Waals surface area contributed by atoms with Crippen LogP contribution in [0.5, 0.6) is 0 Å². The van der Waals surface area contributed by atoms with E-state index in [1.165, 1.54) is 25.7 Å². The molecule has 2 fully saturated rings. The van der Waals surface area contributed by atoms with Gasteiger partial charge in [0.25, 0.3) is 0 Å². The van der Waals surface area contributed by atoms with Gasteiger partial charge in [-0.15, -0.1) is 0 Å². The molecule has 0 amide bonds. The van der Waals surface area contributed by atoms with E-state index in [1.807, 2.05) is 18.2 Å². The van der Waals surface area contributed by atoms with Gasteiger partial charge in [0.1, 0.15) is 0 Å². The Balaban J connectivity index is 1.71. The van der Waals surface area contributed by atoms with Crippen LogP contribution in [0.4, 0.5) is 0 Å². The summed E-state index contributed by atoms with van der Waals surface area (Å²) in [6.45, 7) is 0.865. The third-order valence-electron chi connectivity index (χ3n) is 3.67. The maximum absolute atomic E-state index is 6.05. The van der Waals surface area contributed by atoms with Gasteiger partial charge < -0.3 is 9.47 Å². The molecule has 86 valence electrons. The molecule has 16 heavy (non-hydrogen) atoms. The summed E-state index contributed by atoms with van der Waals surface area (Å²) >= 11 is 0. The van der Waals surface area contributed by atoms with Crippen molar-refractivity contribution in [2.75, 3.05) is 6.61 Å². The highest BCUT2D eigenvalue weighted by atomic mass is 16.7. The maximum Gasteiger partial charge on any atom is 0.184 e. The zero-order valence-corrected chi connectivity index (χ0v) is 9.47. The Labute approximate surface area is 96.6 Å². The molecule has 1 saturated carbocycles. The first kappa shape index (κ1) is 10.3. The van der Waals surface area contributed by atoms with Gasteiger partial charge >= 0.3 is 0 Å². The van der Waals surface area contributed by atoms with Crippen LogP contribution in [0.25, 0.3) is 0 Å². The largest absolute Gasteiger partial charge is 0.348 e. The lowest BCUT2D eigenvalue weighted by Crippen LogP contribution is -2.38. The standard InChI is InChI=1S/C14H18O2/c1-2-6-11(7-3-1)14-15-10-12-8-4-5-9-13(12)16-14/h1-3,6-7,12-14H,4-5,8-10H2/t12?,13?,14-/m1/s1. The maximum atomic E-state index is 6.05. The van der Waals surface area contributed by atoms with Crippen LogP contribution in [0.2, 0.25) is 0 Å². The molecule has 1 aliphatic heterocycles. The van der Waals surface area contributed by atoms with Crippen molar-refractivity contribution in [3.63, 3.8) is 0 Å². The van der Waals surface area contributed by atoms with E-state index in [1.54, 1.807) is 0 Å². The van der Waals surface area contributed by atoms with Crippen molar-refractivity contribution in [1.29, 1.82) is 0 Å². The Kier molecular flexibility index (Phi) is 2.94. The summed E-state index contributed by atoms with van der Waals surface area (Å²) in [5.74, 6) is 0.633. The number of hydrogen-bond acceptors (Lipinski definition) is 2. The van der Waals surface area contributed by atoms with E-state index in [9.17, 15) is 0 Å². The van der Waals surface area contributed by atoms with E-state index < -0.39 is 0 Å². The molecule has 3 atom stereocenters. The average Bonchev–Trinajstić information content (AvgIpc) is 2.39. The van der Waals surface area contributed by atoms with Gasteiger partial charge in [-0.3, -0.25) is 0 Å². The molecule has 1 saturated heterocycles. The molecule has 0 N–H and O–H groups in total. The van der Waals surface area contributed by atoms with Gasteiger partial charge in [-0.05, 0) is 12.8 Å². The van der Waals surface area contributed by atoms with Crippen LogP contribution in [-0.2, 0) is 9.47 Å². The van der Waals surface area contributed by atoms with Crippen LogP contribution < -0.4 is 0 Å². The summed E-state index contributed by atoms with van der Waals surface area (Å²) in [6, 6.07) is 10.3. The molecule has 2 aliphatic rings. The lowest BCUT2D eigenvalue weighted by atomic mass is 9.86. The first-order valence-corrected chi connectivity index (χ1v) is 6.25. The van der Waals surface area contributed by atoms with Crippen LogP contribution in [0.3, 0.4) is 0 Å². The van der Waals surface area contributed by atoms with Crippen molar-refractivity contribution >= 4 is 0 Å². The topological polar surface area (TPSA) is 18.5 Å². The van der Waals surface area contributed by atoms with Gasteiger partial charge in [-0.2, -0.15) is 0 Å². The summed E-state index contributed by atoms with van der Waals surface area (Å²) < 4.78 is 11.9. The molecule has 2 heteroatoms. The van der Waals surface area contributed by atoms with E-state index in [0.717, 1.165) is 12.2 Å². The van der Waals surface area contributed by atoms with Crippen LogP contribution in [0.15, 0.2) is 30.3 Å². The lowest BCUT2D eigenvalue weighted by molar-refractivity contribution is -0.248. The van der Waals surface area contributed by atoms with E-state index in [-0.39, 0.29) is 6.29 Å². The third kappa shape index (κ3) is 2.00. The first-order chi connectivity index (χ1) is 7.93. The molecule has 0 spiro atoms. The molecule has 1 aromatic carbocycles. The Morgan fingerprint density at radius 1 is 1.00 bits per heavy atom. The summed E-state index contributed by atoms with van der Waals surface area (Å²) in [5.41, 5.74) is 1.14. The number of ether oxygens (including phenoxy) is 2. The molecule has 1 aliphatic carbocycles. The van der Waals surface area contributed by atoms with Crippen LogP contribution in [-0.4, -0.2) is 12.7 Å². The molecule has 2 nitrogen and oxygen atoms in total. The van der Waals surface area contributed by atoms with E-state index in [0.29, 0.717) is 12.0 Å². The zero-order valence-electron chi connectivity index (χ0n) is 9.47. The van der Waals surface area contributed by atoms with Crippen molar-refractivity contribution in [3.05, 3.63) is 35.9 Å². The van der Waals surface area contributed by atoms with Gasteiger partial charge in [0.15, 0.2) is 6.29 Å². The molecular weight excluding hydrogens is 200 g/mol. The number of fused-ring (bicyclic) bond motifs is 1.